The molecular formula is C13H19NO. The highest BCUT2D eigenvalue weighted by atomic mass is 16.5. The van der Waals surface area contributed by atoms with E-state index in [1.54, 1.807) is 0 Å². The minimum atomic E-state index is -0.0944. The molecule has 1 aromatic rings. The molecule has 0 saturated heterocycles. The van der Waals surface area contributed by atoms with E-state index in [1.807, 2.05) is 18.2 Å². The lowest BCUT2D eigenvalue weighted by Crippen LogP contribution is -2.19. The number of para-hydroxylation sites is 1. The van der Waals surface area contributed by atoms with Gasteiger partial charge in [-0.2, -0.15) is 0 Å². The van der Waals surface area contributed by atoms with Crippen molar-refractivity contribution in [3.05, 3.63) is 29.8 Å². The number of benzene rings is 1. The van der Waals surface area contributed by atoms with Gasteiger partial charge >= 0.3 is 0 Å². The number of hydrogen-bond donors (Lipinski definition) is 1. The van der Waals surface area contributed by atoms with E-state index in [-0.39, 0.29) is 5.54 Å². The molecule has 2 rings (SSSR count). The van der Waals surface area contributed by atoms with Crippen LogP contribution in [0.5, 0.6) is 5.75 Å². The fourth-order valence-electron chi connectivity index (χ4n) is 1.73. The summed E-state index contributed by atoms with van der Waals surface area (Å²) in [6, 6.07) is 8.16. The van der Waals surface area contributed by atoms with Gasteiger partial charge in [-0.1, -0.05) is 31.5 Å². The summed E-state index contributed by atoms with van der Waals surface area (Å²) in [7, 11) is 0. The van der Waals surface area contributed by atoms with Gasteiger partial charge in [0.2, 0.25) is 0 Å². The summed E-state index contributed by atoms with van der Waals surface area (Å²) in [5.41, 5.74) is 7.28. The Labute approximate surface area is 91.4 Å². The van der Waals surface area contributed by atoms with Crippen LogP contribution in [-0.2, 0) is 5.54 Å². The zero-order valence-electron chi connectivity index (χ0n) is 9.33. The molecule has 0 radical (unpaired) electrons. The fourth-order valence-corrected chi connectivity index (χ4v) is 1.73. The molecule has 1 aliphatic rings. The Kier molecular flexibility index (Phi) is 2.96. The molecule has 0 spiro atoms. The molecule has 1 aliphatic carbocycles. The molecule has 2 heteroatoms. The first-order valence-corrected chi connectivity index (χ1v) is 5.77. The van der Waals surface area contributed by atoms with Crippen LogP contribution in [-0.4, -0.2) is 6.61 Å². The lowest BCUT2D eigenvalue weighted by Gasteiger charge is -2.15. The topological polar surface area (TPSA) is 35.2 Å². The molecule has 1 aromatic carbocycles. The first kappa shape index (κ1) is 10.5. The quantitative estimate of drug-likeness (QED) is 0.750. The lowest BCUT2D eigenvalue weighted by atomic mass is 10.0. The molecule has 0 aliphatic heterocycles. The summed E-state index contributed by atoms with van der Waals surface area (Å²) in [5, 5.41) is 0. The molecule has 15 heavy (non-hydrogen) atoms. The zero-order valence-corrected chi connectivity index (χ0v) is 9.33. The summed E-state index contributed by atoms with van der Waals surface area (Å²) in [4.78, 5) is 0. The second-order valence-corrected chi connectivity index (χ2v) is 4.35. The molecule has 0 heterocycles. The van der Waals surface area contributed by atoms with Gasteiger partial charge in [-0.15, -0.1) is 0 Å². The average molecular weight is 205 g/mol. The molecule has 0 unspecified atom stereocenters. The Hall–Kier alpha value is -1.02. The van der Waals surface area contributed by atoms with Gasteiger partial charge in [0.1, 0.15) is 5.75 Å². The van der Waals surface area contributed by atoms with Crippen LogP contribution in [0.4, 0.5) is 0 Å². The van der Waals surface area contributed by atoms with Crippen LogP contribution in [0.2, 0.25) is 0 Å². The first-order valence-electron chi connectivity index (χ1n) is 5.77. The van der Waals surface area contributed by atoms with E-state index >= 15 is 0 Å². The van der Waals surface area contributed by atoms with Crippen molar-refractivity contribution in [2.75, 3.05) is 6.61 Å². The van der Waals surface area contributed by atoms with E-state index in [2.05, 4.69) is 13.0 Å². The summed E-state index contributed by atoms with van der Waals surface area (Å²) in [5.74, 6) is 0.978. The molecular weight excluding hydrogens is 186 g/mol. The maximum atomic E-state index is 6.19. The molecule has 82 valence electrons. The molecule has 2 N–H and O–H groups in total. The lowest BCUT2D eigenvalue weighted by molar-refractivity contribution is 0.304. The normalized spacial score (nSPS) is 17.5. The minimum absolute atomic E-state index is 0.0944. The third-order valence-corrected chi connectivity index (χ3v) is 2.97. The van der Waals surface area contributed by atoms with Crippen LogP contribution >= 0.6 is 0 Å². The van der Waals surface area contributed by atoms with Crippen LogP contribution in [0, 0.1) is 0 Å². The van der Waals surface area contributed by atoms with Crippen molar-refractivity contribution in [1.82, 2.24) is 0 Å². The molecule has 0 amide bonds. The van der Waals surface area contributed by atoms with Crippen LogP contribution < -0.4 is 10.5 Å². The highest BCUT2D eigenvalue weighted by Gasteiger charge is 2.41. The minimum Gasteiger partial charge on any atom is -0.493 e. The van der Waals surface area contributed by atoms with E-state index in [0.29, 0.717) is 0 Å². The van der Waals surface area contributed by atoms with Crippen molar-refractivity contribution >= 4 is 0 Å². The van der Waals surface area contributed by atoms with Crippen molar-refractivity contribution < 1.29 is 4.74 Å². The van der Waals surface area contributed by atoms with Crippen molar-refractivity contribution in [3.8, 4) is 5.75 Å². The van der Waals surface area contributed by atoms with Gasteiger partial charge in [0.15, 0.2) is 0 Å². The van der Waals surface area contributed by atoms with Gasteiger partial charge in [-0.3, -0.25) is 0 Å². The van der Waals surface area contributed by atoms with Gasteiger partial charge in [0.05, 0.1) is 6.61 Å². The number of ether oxygens (including phenoxy) is 1. The molecule has 0 atom stereocenters. The maximum Gasteiger partial charge on any atom is 0.124 e. The van der Waals surface area contributed by atoms with Crippen molar-refractivity contribution in [1.29, 1.82) is 0 Å². The van der Waals surface area contributed by atoms with Gasteiger partial charge in [0, 0.05) is 11.1 Å². The van der Waals surface area contributed by atoms with Gasteiger partial charge in [-0.25, -0.2) is 0 Å². The number of hydrogen-bond acceptors (Lipinski definition) is 2. The predicted octanol–water partition coefficient (Wildman–Crippen LogP) is 2.81. The van der Waals surface area contributed by atoms with E-state index in [0.717, 1.165) is 38.0 Å². The standard InChI is InChI=1S/C13H19NO/c1-2-3-10-15-12-7-5-4-6-11(12)13(14)8-9-13/h4-7H,2-3,8-10,14H2,1H3. The van der Waals surface area contributed by atoms with Crippen LogP contribution in [0.25, 0.3) is 0 Å². The van der Waals surface area contributed by atoms with Crippen molar-refractivity contribution in [2.24, 2.45) is 5.73 Å². The van der Waals surface area contributed by atoms with E-state index in [4.69, 9.17) is 10.5 Å². The smallest absolute Gasteiger partial charge is 0.124 e. The SMILES string of the molecule is CCCCOc1ccccc1C1(N)CC1. The van der Waals surface area contributed by atoms with Crippen molar-refractivity contribution in [3.63, 3.8) is 0 Å². The molecule has 0 aromatic heterocycles. The summed E-state index contributed by atoms with van der Waals surface area (Å²) in [6.45, 7) is 2.96. The predicted molar refractivity (Wildman–Crippen MR) is 61.9 cm³/mol. The maximum absolute atomic E-state index is 6.19. The number of unbranched alkanes of at least 4 members (excludes halogenated alkanes) is 1. The second kappa shape index (κ2) is 4.23. The van der Waals surface area contributed by atoms with E-state index in [1.165, 1.54) is 5.56 Å². The summed E-state index contributed by atoms with van der Waals surface area (Å²) < 4.78 is 5.76. The number of nitrogens with two attached hydrogens (primary N) is 1. The van der Waals surface area contributed by atoms with Crippen LogP contribution in [0.3, 0.4) is 0 Å². The van der Waals surface area contributed by atoms with Crippen LogP contribution in [0.15, 0.2) is 24.3 Å². The highest BCUT2D eigenvalue weighted by Crippen LogP contribution is 2.46. The van der Waals surface area contributed by atoms with Crippen LogP contribution in [0.1, 0.15) is 38.2 Å². The first-order chi connectivity index (χ1) is 7.26. The van der Waals surface area contributed by atoms with Gasteiger partial charge in [-0.05, 0) is 25.3 Å². The molecule has 2 nitrogen and oxygen atoms in total. The van der Waals surface area contributed by atoms with Crippen molar-refractivity contribution in [2.45, 2.75) is 38.1 Å². The van der Waals surface area contributed by atoms with Gasteiger partial charge < -0.3 is 10.5 Å². The average Bonchev–Trinajstić information content (AvgIpc) is 2.99. The summed E-state index contributed by atoms with van der Waals surface area (Å²) in [6.07, 6.45) is 4.43. The van der Waals surface area contributed by atoms with E-state index in [9.17, 15) is 0 Å². The second-order valence-electron chi connectivity index (χ2n) is 4.35. The number of rotatable bonds is 5. The summed E-state index contributed by atoms with van der Waals surface area (Å²) >= 11 is 0. The Morgan fingerprint density at radius 3 is 2.73 bits per heavy atom. The monoisotopic (exact) mass is 205 g/mol. The third kappa shape index (κ3) is 2.32. The van der Waals surface area contributed by atoms with Gasteiger partial charge in [0.25, 0.3) is 0 Å². The Balaban J connectivity index is 2.08. The molecule has 1 fully saturated rings. The Morgan fingerprint density at radius 1 is 1.33 bits per heavy atom. The Morgan fingerprint density at radius 2 is 2.07 bits per heavy atom. The Bertz CT molecular complexity index is 331. The zero-order chi connectivity index (χ0) is 10.7. The third-order valence-electron chi connectivity index (χ3n) is 2.97. The largest absolute Gasteiger partial charge is 0.493 e. The van der Waals surface area contributed by atoms with E-state index < -0.39 is 0 Å². The fraction of sp³-hybridized carbons (Fsp3) is 0.538. The highest BCUT2D eigenvalue weighted by molar-refractivity contribution is 5.42. The molecule has 1 saturated carbocycles. The molecule has 0 bridgehead atoms.